The van der Waals surface area contributed by atoms with Crippen LogP contribution in [0.25, 0.3) is 10.4 Å². The molecule has 0 heterocycles. The minimum atomic E-state index is -0.615. The first-order valence-corrected chi connectivity index (χ1v) is 3.68. The van der Waals surface area contributed by atoms with Gasteiger partial charge in [-0.2, -0.15) is 0 Å². The molecular weight excluding hydrogens is 176 g/mol. The van der Waals surface area contributed by atoms with Crippen molar-refractivity contribution in [1.82, 2.24) is 0 Å². The molecule has 0 aliphatic carbocycles. The first kappa shape index (κ1) is 9.48. The molecule has 0 aliphatic rings. The lowest BCUT2D eigenvalue weighted by atomic mass is 10.1. The van der Waals surface area contributed by atoms with E-state index in [0.29, 0.717) is 12.0 Å². The van der Waals surface area contributed by atoms with Crippen molar-refractivity contribution in [2.75, 3.05) is 6.54 Å². The fourth-order valence-electron chi connectivity index (χ4n) is 0.979. The second-order valence-corrected chi connectivity index (χ2v) is 2.48. The normalized spacial score (nSPS) is 9.38. The topological polar surface area (TPSA) is 48.8 Å². The van der Waals surface area contributed by atoms with Gasteiger partial charge in [-0.05, 0) is 29.6 Å². The lowest BCUT2D eigenvalue weighted by Crippen LogP contribution is -1.91. The Morgan fingerprint density at radius 3 is 2.38 bits per heavy atom. The van der Waals surface area contributed by atoms with Crippen molar-refractivity contribution >= 4 is 0 Å². The van der Waals surface area contributed by atoms with E-state index in [2.05, 4.69) is 10.0 Å². The molecule has 68 valence electrons. The van der Waals surface area contributed by atoms with Gasteiger partial charge >= 0.3 is 0 Å². The average Bonchev–Trinajstić information content (AvgIpc) is 2.03. The molecule has 0 radical (unpaired) electrons. The molecule has 0 atom stereocenters. The van der Waals surface area contributed by atoms with Crippen LogP contribution in [0.15, 0.2) is 23.3 Å². The van der Waals surface area contributed by atoms with Crippen molar-refractivity contribution in [3.8, 4) is 0 Å². The predicted octanol–water partition coefficient (Wildman–Crippen LogP) is 2.82. The number of hydrogen-bond donors (Lipinski definition) is 0. The van der Waals surface area contributed by atoms with Crippen LogP contribution in [0.1, 0.15) is 5.56 Å². The van der Waals surface area contributed by atoms with Crippen LogP contribution < -0.4 is 0 Å². The third-order valence-corrected chi connectivity index (χ3v) is 1.49. The van der Waals surface area contributed by atoms with Gasteiger partial charge in [-0.15, -0.1) is 0 Å². The fourth-order valence-corrected chi connectivity index (χ4v) is 0.979. The Balaban J connectivity index is 2.71. The lowest BCUT2D eigenvalue weighted by molar-refractivity contribution is 0.579. The number of rotatable bonds is 3. The molecule has 1 rings (SSSR count). The minimum Gasteiger partial charge on any atom is -0.207 e. The van der Waals surface area contributed by atoms with E-state index in [1.54, 1.807) is 0 Å². The van der Waals surface area contributed by atoms with Gasteiger partial charge in [0.2, 0.25) is 0 Å². The van der Waals surface area contributed by atoms with Crippen molar-refractivity contribution in [3.63, 3.8) is 0 Å². The van der Waals surface area contributed by atoms with Gasteiger partial charge in [0.15, 0.2) is 0 Å². The van der Waals surface area contributed by atoms with Crippen molar-refractivity contribution < 1.29 is 8.78 Å². The Bertz CT molecular complexity index is 325. The molecule has 0 unspecified atom stereocenters. The van der Waals surface area contributed by atoms with Gasteiger partial charge in [0.1, 0.15) is 11.6 Å². The van der Waals surface area contributed by atoms with Crippen molar-refractivity contribution in [3.05, 3.63) is 45.8 Å². The Morgan fingerprint density at radius 1 is 1.23 bits per heavy atom. The van der Waals surface area contributed by atoms with E-state index in [9.17, 15) is 8.78 Å². The van der Waals surface area contributed by atoms with Crippen LogP contribution in [-0.2, 0) is 6.42 Å². The number of hydrogen-bond acceptors (Lipinski definition) is 1. The number of nitrogens with zero attached hydrogens (tertiary/aromatic N) is 3. The summed E-state index contributed by atoms with van der Waals surface area (Å²) in [5.41, 5.74) is 8.45. The monoisotopic (exact) mass is 183 g/mol. The van der Waals surface area contributed by atoms with Gasteiger partial charge in [0.25, 0.3) is 0 Å². The van der Waals surface area contributed by atoms with Crippen LogP contribution in [0.5, 0.6) is 0 Å². The summed E-state index contributed by atoms with van der Waals surface area (Å²) in [5.74, 6) is -1.23. The van der Waals surface area contributed by atoms with E-state index in [1.165, 1.54) is 12.1 Å². The summed E-state index contributed by atoms with van der Waals surface area (Å²) in [5, 5.41) is 3.26. The average molecular weight is 183 g/mol. The van der Waals surface area contributed by atoms with Crippen LogP contribution in [0.3, 0.4) is 0 Å². The summed E-state index contributed by atoms with van der Waals surface area (Å²) in [6, 6.07) is 3.24. The molecule has 0 amide bonds. The molecule has 0 saturated carbocycles. The molecule has 0 N–H and O–H groups in total. The largest absolute Gasteiger partial charge is 0.207 e. The van der Waals surface area contributed by atoms with Gasteiger partial charge < -0.3 is 0 Å². The Kier molecular flexibility index (Phi) is 3.23. The molecule has 0 bridgehead atoms. The summed E-state index contributed by atoms with van der Waals surface area (Å²) in [4.78, 5) is 2.53. The van der Waals surface area contributed by atoms with Crippen LogP contribution in [0.4, 0.5) is 8.78 Å². The molecule has 3 nitrogen and oxygen atoms in total. The highest BCUT2D eigenvalue weighted by atomic mass is 19.1. The van der Waals surface area contributed by atoms with Crippen molar-refractivity contribution in [1.29, 1.82) is 0 Å². The van der Waals surface area contributed by atoms with E-state index in [0.717, 1.165) is 6.07 Å². The Hall–Kier alpha value is -1.61. The van der Waals surface area contributed by atoms with E-state index < -0.39 is 11.6 Å². The Morgan fingerprint density at radius 2 is 1.85 bits per heavy atom. The molecule has 1 aromatic carbocycles. The second-order valence-electron chi connectivity index (χ2n) is 2.48. The molecular formula is C8H7F2N3. The first-order valence-electron chi connectivity index (χ1n) is 3.68. The summed E-state index contributed by atoms with van der Waals surface area (Å²) < 4.78 is 25.2. The molecule has 0 saturated heterocycles. The van der Waals surface area contributed by atoms with E-state index in [4.69, 9.17) is 5.53 Å². The summed E-state index contributed by atoms with van der Waals surface area (Å²) >= 11 is 0. The predicted molar refractivity (Wildman–Crippen MR) is 44.1 cm³/mol. The van der Waals surface area contributed by atoms with Gasteiger partial charge in [0.05, 0.1) is 0 Å². The molecule has 0 spiro atoms. The zero-order valence-corrected chi connectivity index (χ0v) is 6.74. The number of benzene rings is 1. The highest BCUT2D eigenvalue weighted by molar-refractivity contribution is 5.18. The van der Waals surface area contributed by atoms with Gasteiger partial charge in [0, 0.05) is 17.5 Å². The highest BCUT2D eigenvalue weighted by Gasteiger charge is 1.99. The quantitative estimate of drug-likeness (QED) is 0.393. The number of azide groups is 1. The van der Waals surface area contributed by atoms with E-state index in [-0.39, 0.29) is 6.54 Å². The van der Waals surface area contributed by atoms with Crippen molar-refractivity contribution in [2.24, 2.45) is 5.11 Å². The highest BCUT2D eigenvalue weighted by Crippen LogP contribution is 2.08. The molecule has 13 heavy (non-hydrogen) atoms. The molecule has 0 aromatic heterocycles. The summed E-state index contributed by atoms with van der Waals surface area (Å²) in [7, 11) is 0. The zero-order valence-electron chi connectivity index (χ0n) is 6.74. The van der Waals surface area contributed by atoms with E-state index in [1.807, 2.05) is 0 Å². The number of halogens is 2. The molecule has 0 fully saturated rings. The van der Waals surface area contributed by atoms with E-state index >= 15 is 0 Å². The van der Waals surface area contributed by atoms with Crippen LogP contribution >= 0.6 is 0 Å². The smallest absolute Gasteiger partial charge is 0.126 e. The van der Waals surface area contributed by atoms with Gasteiger partial charge in [-0.1, -0.05) is 5.11 Å². The first-order chi connectivity index (χ1) is 6.22. The molecule has 5 heteroatoms. The Labute approximate surface area is 73.6 Å². The zero-order chi connectivity index (χ0) is 9.68. The standard InChI is InChI=1S/C8H7F2N3/c9-7-3-6(1-2-12-13-11)4-8(10)5-7/h3-5H,1-2H2. The maximum Gasteiger partial charge on any atom is 0.126 e. The SMILES string of the molecule is [N-]=[N+]=NCCc1cc(F)cc(F)c1. The van der Waals surface area contributed by atoms with Crippen LogP contribution in [0.2, 0.25) is 0 Å². The minimum absolute atomic E-state index is 0.208. The maximum atomic E-state index is 12.6. The van der Waals surface area contributed by atoms with Crippen LogP contribution in [-0.4, -0.2) is 6.54 Å². The van der Waals surface area contributed by atoms with Crippen molar-refractivity contribution in [2.45, 2.75) is 6.42 Å². The fraction of sp³-hybridized carbons (Fsp3) is 0.250. The van der Waals surface area contributed by atoms with Gasteiger partial charge in [-0.3, -0.25) is 0 Å². The molecule has 1 aromatic rings. The third kappa shape index (κ3) is 3.09. The molecule has 0 aliphatic heterocycles. The maximum absolute atomic E-state index is 12.6. The summed E-state index contributed by atoms with van der Waals surface area (Å²) in [6.07, 6.45) is 0.346. The third-order valence-electron chi connectivity index (χ3n) is 1.49. The second kappa shape index (κ2) is 4.42. The van der Waals surface area contributed by atoms with Gasteiger partial charge in [-0.25, -0.2) is 8.78 Å². The summed E-state index contributed by atoms with van der Waals surface area (Å²) in [6.45, 7) is 0.208. The van der Waals surface area contributed by atoms with Crippen LogP contribution in [0, 0.1) is 11.6 Å². The lowest BCUT2D eigenvalue weighted by Gasteiger charge is -1.98.